The molecule has 0 spiro atoms. The Hall–Kier alpha value is -0.280. The molecule has 3 rings (SSSR count). The molecule has 4 heteroatoms. The molecule has 1 saturated heterocycles. The lowest BCUT2D eigenvalue weighted by Crippen LogP contribution is -2.49. The van der Waals surface area contributed by atoms with E-state index in [2.05, 4.69) is 17.1 Å². The van der Waals surface area contributed by atoms with Gasteiger partial charge >= 0.3 is 0 Å². The maximum Gasteiger partial charge on any atom is 0.226 e. The predicted molar refractivity (Wildman–Crippen MR) is 88.7 cm³/mol. The summed E-state index contributed by atoms with van der Waals surface area (Å²) in [4.78, 5) is 15.3. The molecule has 122 valence electrons. The molecule has 0 aromatic rings. The van der Waals surface area contributed by atoms with E-state index in [1.54, 1.807) is 0 Å². The van der Waals surface area contributed by atoms with Crippen LogP contribution in [-0.2, 0) is 4.79 Å². The van der Waals surface area contributed by atoms with Crippen LogP contribution in [-0.4, -0.2) is 36.0 Å². The molecule has 1 N–H and O–H groups in total. The number of hydrogen-bond acceptors (Lipinski definition) is 2. The maximum absolute atomic E-state index is 13.0. The van der Waals surface area contributed by atoms with E-state index in [-0.39, 0.29) is 18.3 Å². The van der Waals surface area contributed by atoms with Crippen molar-refractivity contribution in [3.05, 3.63) is 0 Å². The lowest BCUT2D eigenvalue weighted by molar-refractivity contribution is -0.140. The minimum absolute atomic E-state index is 0. The second-order valence-corrected chi connectivity index (χ2v) is 7.30. The molecule has 0 radical (unpaired) electrons. The van der Waals surface area contributed by atoms with E-state index in [9.17, 15) is 4.79 Å². The van der Waals surface area contributed by atoms with Gasteiger partial charge in [-0.2, -0.15) is 0 Å². The summed E-state index contributed by atoms with van der Waals surface area (Å²) in [5.74, 6) is 1.59. The maximum atomic E-state index is 13.0. The summed E-state index contributed by atoms with van der Waals surface area (Å²) in [5.41, 5.74) is 0. The van der Waals surface area contributed by atoms with Crippen molar-refractivity contribution in [3.63, 3.8) is 0 Å². The standard InChI is InChI=1S/C17H30N2O.ClH/c1-13-11-15(9-10-18-13)17(20)19(12-14-7-8-14)16-5-3-2-4-6-16;/h13-16,18H,2-12H2,1H3;1H/t13-,15-;/m0./s1. The van der Waals surface area contributed by atoms with E-state index in [0.29, 0.717) is 18.0 Å². The molecule has 21 heavy (non-hydrogen) atoms. The lowest BCUT2D eigenvalue weighted by Gasteiger charge is -2.38. The summed E-state index contributed by atoms with van der Waals surface area (Å²) in [6.45, 7) is 4.28. The van der Waals surface area contributed by atoms with Gasteiger partial charge < -0.3 is 10.2 Å². The zero-order valence-corrected chi connectivity index (χ0v) is 14.2. The highest BCUT2D eigenvalue weighted by atomic mass is 35.5. The van der Waals surface area contributed by atoms with Crippen LogP contribution in [0.3, 0.4) is 0 Å². The third kappa shape index (κ3) is 4.59. The van der Waals surface area contributed by atoms with Gasteiger partial charge in [-0.25, -0.2) is 0 Å². The van der Waals surface area contributed by atoms with Gasteiger partial charge in [0.15, 0.2) is 0 Å². The first-order chi connectivity index (χ1) is 9.74. The Morgan fingerprint density at radius 2 is 1.81 bits per heavy atom. The van der Waals surface area contributed by atoms with Crippen molar-refractivity contribution in [1.82, 2.24) is 10.2 Å². The number of hydrogen-bond donors (Lipinski definition) is 1. The molecule has 2 atom stereocenters. The molecular formula is C17H31ClN2O. The van der Waals surface area contributed by atoms with Crippen LogP contribution in [0.15, 0.2) is 0 Å². The van der Waals surface area contributed by atoms with E-state index < -0.39 is 0 Å². The molecule has 1 amide bonds. The molecule has 2 aliphatic carbocycles. The third-order valence-corrected chi connectivity index (χ3v) is 5.42. The second kappa shape index (κ2) is 7.82. The van der Waals surface area contributed by atoms with Crippen molar-refractivity contribution in [2.24, 2.45) is 11.8 Å². The van der Waals surface area contributed by atoms with Crippen LogP contribution in [0.4, 0.5) is 0 Å². The van der Waals surface area contributed by atoms with Gasteiger partial charge in [0.25, 0.3) is 0 Å². The topological polar surface area (TPSA) is 32.3 Å². The average Bonchev–Trinajstić information content (AvgIpc) is 3.29. The number of nitrogens with zero attached hydrogens (tertiary/aromatic N) is 1. The van der Waals surface area contributed by atoms with Crippen molar-refractivity contribution in [2.45, 2.75) is 76.8 Å². The van der Waals surface area contributed by atoms with E-state index in [4.69, 9.17) is 0 Å². The Kier molecular flexibility index (Phi) is 6.36. The predicted octanol–water partition coefficient (Wildman–Crippen LogP) is 3.37. The van der Waals surface area contributed by atoms with Crippen LogP contribution in [0, 0.1) is 11.8 Å². The van der Waals surface area contributed by atoms with E-state index in [0.717, 1.165) is 31.8 Å². The number of nitrogens with one attached hydrogen (secondary N) is 1. The highest BCUT2D eigenvalue weighted by molar-refractivity contribution is 5.85. The van der Waals surface area contributed by atoms with Crippen molar-refractivity contribution in [2.75, 3.05) is 13.1 Å². The molecule has 0 aromatic carbocycles. The van der Waals surface area contributed by atoms with Crippen molar-refractivity contribution >= 4 is 18.3 Å². The van der Waals surface area contributed by atoms with E-state index in [1.165, 1.54) is 44.9 Å². The number of piperidine rings is 1. The fourth-order valence-corrected chi connectivity index (χ4v) is 3.98. The summed E-state index contributed by atoms with van der Waals surface area (Å²) in [6.07, 6.45) is 11.3. The molecular weight excluding hydrogens is 284 g/mol. The second-order valence-electron chi connectivity index (χ2n) is 7.30. The van der Waals surface area contributed by atoms with Crippen LogP contribution in [0.5, 0.6) is 0 Å². The first-order valence-electron chi connectivity index (χ1n) is 8.78. The van der Waals surface area contributed by atoms with Crippen molar-refractivity contribution < 1.29 is 4.79 Å². The Morgan fingerprint density at radius 1 is 1.10 bits per heavy atom. The summed E-state index contributed by atoms with van der Waals surface area (Å²) in [7, 11) is 0. The number of amides is 1. The molecule has 1 heterocycles. The Bertz CT molecular complexity index is 340. The summed E-state index contributed by atoms with van der Waals surface area (Å²) < 4.78 is 0. The van der Waals surface area contributed by atoms with Crippen LogP contribution < -0.4 is 5.32 Å². The van der Waals surface area contributed by atoms with Gasteiger partial charge in [-0.15, -0.1) is 12.4 Å². The quantitative estimate of drug-likeness (QED) is 0.863. The highest BCUT2D eigenvalue weighted by Gasteiger charge is 2.35. The van der Waals surface area contributed by atoms with Crippen molar-refractivity contribution in [1.29, 1.82) is 0 Å². The Morgan fingerprint density at radius 3 is 2.43 bits per heavy atom. The van der Waals surface area contributed by atoms with E-state index >= 15 is 0 Å². The molecule has 0 unspecified atom stereocenters. The van der Waals surface area contributed by atoms with Crippen LogP contribution in [0.1, 0.15) is 64.7 Å². The first-order valence-corrected chi connectivity index (χ1v) is 8.78. The van der Waals surface area contributed by atoms with Crippen LogP contribution in [0.2, 0.25) is 0 Å². The minimum Gasteiger partial charge on any atom is -0.339 e. The number of halogens is 1. The summed E-state index contributed by atoms with van der Waals surface area (Å²) >= 11 is 0. The molecule has 1 aliphatic heterocycles. The van der Waals surface area contributed by atoms with Crippen LogP contribution >= 0.6 is 12.4 Å². The van der Waals surface area contributed by atoms with E-state index in [1.807, 2.05) is 0 Å². The summed E-state index contributed by atoms with van der Waals surface area (Å²) in [5, 5.41) is 3.47. The van der Waals surface area contributed by atoms with Gasteiger partial charge in [-0.3, -0.25) is 4.79 Å². The fourth-order valence-electron chi connectivity index (χ4n) is 3.98. The third-order valence-electron chi connectivity index (χ3n) is 5.42. The zero-order chi connectivity index (χ0) is 13.9. The van der Waals surface area contributed by atoms with Gasteiger partial charge in [-0.1, -0.05) is 19.3 Å². The first kappa shape index (κ1) is 17.1. The highest BCUT2D eigenvalue weighted by Crippen LogP contribution is 2.34. The lowest BCUT2D eigenvalue weighted by atomic mass is 9.89. The SMILES string of the molecule is C[C@H]1C[C@@H](C(=O)N(CC2CC2)C2CCCCC2)CCN1.Cl. The molecule has 3 fully saturated rings. The molecule has 0 bridgehead atoms. The largest absolute Gasteiger partial charge is 0.339 e. The molecule has 3 nitrogen and oxygen atoms in total. The Balaban J connectivity index is 0.00000161. The van der Waals surface area contributed by atoms with Gasteiger partial charge in [0, 0.05) is 24.5 Å². The number of carbonyl (C=O) groups is 1. The number of carbonyl (C=O) groups excluding carboxylic acids is 1. The van der Waals surface area contributed by atoms with Gasteiger partial charge in [0.2, 0.25) is 5.91 Å². The Labute approximate surface area is 135 Å². The monoisotopic (exact) mass is 314 g/mol. The van der Waals surface area contributed by atoms with Crippen LogP contribution in [0.25, 0.3) is 0 Å². The number of rotatable bonds is 4. The van der Waals surface area contributed by atoms with Gasteiger partial charge in [-0.05, 0) is 57.9 Å². The van der Waals surface area contributed by atoms with Gasteiger partial charge in [0.1, 0.15) is 0 Å². The fraction of sp³-hybridized carbons (Fsp3) is 0.941. The molecule has 3 aliphatic rings. The van der Waals surface area contributed by atoms with Gasteiger partial charge in [0.05, 0.1) is 0 Å². The zero-order valence-electron chi connectivity index (χ0n) is 13.4. The molecule has 2 saturated carbocycles. The normalized spacial score (nSPS) is 30.5. The minimum atomic E-state index is 0. The molecule has 0 aromatic heterocycles. The van der Waals surface area contributed by atoms with Crippen molar-refractivity contribution in [3.8, 4) is 0 Å². The summed E-state index contributed by atoms with van der Waals surface area (Å²) in [6, 6.07) is 1.06. The smallest absolute Gasteiger partial charge is 0.226 e. The average molecular weight is 315 g/mol.